The summed E-state index contributed by atoms with van der Waals surface area (Å²) in [5.41, 5.74) is 2.45. The molecule has 2 fully saturated rings. The molecule has 3 amide bonds. The SMILES string of the molecule is Cc1cc(/C=N\N2C(=O)NC3(CCCCC3)C2=O)c(C)n1C(C)C. The lowest BCUT2D eigenvalue weighted by molar-refractivity contribution is -0.132. The van der Waals surface area contributed by atoms with Gasteiger partial charge >= 0.3 is 6.03 Å². The van der Waals surface area contributed by atoms with Gasteiger partial charge < -0.3 is 9.88 Å². The number of hydrogen-bond acceptors (Lipinski definition) is 3. The molecule has 0 bridgehead atoms. The summed E-state index contributed by atoms with van der Waals surface area (Å²) in [4.78, 5) is 24.9. The predicted octanol–water partition coefficient (Wildman–Crippen LogP) is 3.27. The third-order valence-corrected chi connectivity index (χ3v) is 5.20. The Morgan fingerprint density at radius 3 is 2.46 bits per heavy atom. The Hall–Kier alpha value is -2.11. The van der Waals surface area contributed by atoms with Crippen LogP contribution in [0.3, 0.4) is 0 Å². The van der Waals surface area contributed by atoms with Crippen molar-refractivity contribution in [2.45, 2.75) is 71.4 Å². The Kier molecular flexibility index (Phi) is 4.24. The summed E-state index contributed by atoms with van der Waals surface area (Å²) in [7, 11) is 0. The average Bonchev–Trinajstić information content (AvgIpc) is 2.93. The van der Waals surface area contributed by atoms with Gasteiger partial charge in [0.1, 0.15) is 5.54 Å². The van der Waals surface area contributed by atoms with E-state index < -0.39 is 11.6 Å². The van der Waals surface area contributed by atoms with Crippen molar-refractivity contribution >= 4 is 18.2 Å². The number of amides is 3. The molecule has 0 aromatic carbocycles. The van der Waals surface area contributed by atoms with Crippen molar-refractivity contribution in [3.63, 3.8) is 0 Å². The van der Waals surface area contributed by atoms with Gasteiger partial charge in [-0.15, -0.1) is 5.01 Å². The zero-order chi connectivity index (χ0) is 17.5. The lowest BCUT2D eigenvalue weighted by atomic mass is 9.82. The van der Waals surface area contributed by atoms with Crippen LogP contribution in [-0.4, -0.2) is 33.3 Å². The molecule has 2 heterocycles. The first-order valence-corrected chi connectivity index (χ1v) is 8.75. The van der Waals surface area contributed by atoms with Gasteiger partial charge in [-0.25, -0.2) is 4.79 Å². The van der Waals surface area contributed by atoms with Gasteiger partial charge in [-0.05, 0) is 46.6 Å². The van der Waals surface area contributed by atoms with Gasteiger partial charge in [0.15, 0.2) is 0 Å². The number of nitrogens with one attached hydrogen (secondary N) is 1. The number of carbonyl (C=O) groups excluding carboxylic acids is 2. The van der Waals surface area contributed by atoms with Gasteiger partial charge in [-0.2, -0.15) is 5.10 Å². The van der Waals surface area contributed by atoms with Crippen molar-refractivity contribution in [2.75, 3.05) is 0 Å². The van der Waals surface area contributed by atoms with E-state index in [0.29, 0.717) is 18.9 Å². The van der Waals surface area contributed by atoms with Gasteiger partial charge in [0, 0.05) is 23.0 Å². The van der Waals surface area contributed by atoms with Crippen LogP contribution in [0.2, 0.25) is 0 Å². The lowest BCUT2D eigenvalue weighted by Gasteiger charge is -2.29. The number of rotatable bonds is 3. The van der Waals surface area contributed by atoms with E-state index in [0.717, 1.165) is 41.2 Å². The van der Waals surface area contributed by atoms with Crippen LogP contribution in [0.1, 0.15) is 68.9 Å². The number of carbonyl (C=O) groups is 2. The van der Waals surface area contributed by atoms with Crippen LogP contribution in [0, 0.1) is 13.8 Å². The number of aromatic nitrogens is 1. The van der Waals surface area contributed by atoms with E-state index in [2.05, 4.69) is 35.8 Å². The molecule has 1 spiro atoms. The Labute approximate surface area is 142 Å². The number of hydrazone groups is 1. The van der Waals surface area contributed by atoms with E-state index in [1.165, 1.54) is 0 Å². The summed E-state index contributed by atoms with van der Waals surface area (Å²) in [5.74, 6) is -0.207. The summed E-state index contributed by atoms with van der Waals surface area (Å²) in [5, 5.41) is 8.09. The normalized spacial score (nSPS) is 20.6. The molecule has 1 saturated carbocycles. The molecular weight excluding hydrogens is 304 g/mol. The van der Waals surface area contributed by atoms with Crippen molar-refractivity contribution in [3.05, 3.63) is 23.0 Å². The number of hydrogen-bond donors (Lipinski definition) is 1. The molecular formula is C18H26N4O2. The van der Waals surface area contributed by atoms with E-state index in [9.17, 15) is 9.59 Å². The van der Waals surface area contributed by atoms with Crippen LogP contribution < -0.4 is 5.32 Å². The zero-order valence-corrected chi connectivity index (χ0v) is 14.9. The molecule has 6 nitrogen and oxygen atoms in total. The Balaban J connectivity index is 1.83. The first-order chi connectivity index (χ1) is 11.4. The number of imide groups is 1. The predicted molar refractivity (Wildman–Crippen MR) is 93.1 cm³/mol. The molecule has 130 valence electrons. The standard InChI is InChI=1S/C18H26N4O2/c1-12(2)21-13(3)10-15(14(21)4)11-19-22-16(23)18(20-17(22)24)8-6-5-7-9-18/h10-12H,5-9H2,1-4H3,(H,20,24)/b19-11-. The van der Waals surface area contributed by atoms with Gasteiger partial charge in [0.2, 0.25) is 0 Å². The molecule has 1 N–H and O–H groups in total. The summed E-state index contributed by atoms with van der Waals surface area (Å²) < 4.78 is 2.22. The third-order valence-electron chi connectivity index (χ3n) is 5.20. The van der Waals surface area contributed by atoms with Crippen LogP contribution in [0.25, 0.3) is 0 Å². The molecule has 6 heteroatoms. The van der Waals surface area contributed by atoms with Crippen LogP contribution >= 0.6 is 0 Å². The van der Waals surface area contributed by atoms with Crippen molar-refractivity contribution in [2.24, 2.45) is 5.10 Å². The van der Waals surface area contributed by atoms with E-state index in [-0.39, 0.29) is 5.91 Å². The van der Waals surface area contributed by atoms with E-state index >= 15 is 0 Å². The third kappa shape index (κ3) is 2.64. The van der Waals surface area contributed by atoms with E-state index in [4.69, 9.17) is 0 Å². The highest BCUT2D eigenvalue weighted by Gasteiger charge is 2.51. The van der Waals surface area contributed by atoms with Gasteiger partial charge in [0.05, 0.1) is 6.21 Å². The summed E-state index contributed by atoms with van der Waals surface area (Å²) >= 11 is 0. The van der Waals surface area contributed by atoms with Crippen LogP contribution in [0.15, 0.2) is 11.2 Å². The highest BCUT2D eigenvalue weighted by Crippen LogP contribution is 2.33. The monoisotopic (exact) mass is 330 g/mol. The molecule has 1 aliphatic heterocycles. The topological polar surface area (TPSA) is 66.7 Å². The fraction of sp³-hybridized carbons (Fsp3) is 0.611. The average molecular weight is 330 g/mol. The fourth-order valence-electron chi connectivity index (χ4n) is 4.05. The Morgan fingerprint density at radius 1 is 1.21 bits per heavy atom. The molecule has 0 atom stereocenters. The quantitative estimate of drug-likeness (QED) is 0.683. The molecule has 1 aliphatic carbocycles. The molecule has 2 aliphatic rings. The molecule has 0 radical (unpaired) electrons. The highest BCUT2D eigenvalue weighted by molar-refractivity contribution is 6.07. The largest absolute Gasteiger partial charge is 0.346 e. The van der Waals surface area contributed by atoms with Crippen LogP contribution in [0.5, 0.6) is 0 Å². The van der Waals surface area contributed by atoms with Gasteiger partial charge in [-0.3, -0.25) is 4.79 Å². The second-order valence-corrected chi connectivity index (χ2v) is 7.22. The van der Waals surface area contributed by atoms with Crippen LogP contribution in [0.4, 0.5) is 4.79 Å². The number of aryl methyl sites for hydroxylation is 1. The second-order valence-electron chi connectivity index (χ2n) is 7.22. The van der Waals surface area contributed by atoms with Crippen molar-refractivity contribution in [1.82, 2.24) is 14.9 Å². The van der Waals surface area contributed by atoms with Gasteiger partial charge in [-0.1, -0.05) is 19.3 Å². The maximum atomic E-state index is 12.7. The Bertz CT molecular complexity index is 696. The molecule has 0 unspecified atom stereocenters. The fourth-order valence-corrected chi connectivity index (χ4v) is 4.05. The van der Waals surface area contributed by atoms with Crippen molar-refractivity contribution in [1.29, 1.82) is 0 Å². The maximum Gasteiger partial charge on any atom is 0.346 e. The summed E-state index contributed by atoms with van der Waals surface area (Å²) in [6.07, 6.45) is 6.12. The lowest BCUT2D eigenvalue weighted by Crippen LogP contribution is -2.48. The Morgan fingerprint density at radius 2 is 1.88 bits per heavy atom. The molecule has 1 saturated heterocycles. The number of nitrogens with zero attached hydrogens (tertiary/aromatic N) is 3. The van der Waals surface area contributed by atoms with Crippen molar-refractivity contribution in [3.8, 4) is 0 Å². The minimum atomic E-state index is -0.721. The van der Waals surface area contributed by atoms with Crippen LogP contribution in [-0.2, 0) is 4.79 Å². The maximum absolute atomic E-state index is 12.7. The van der Waals surface area contributed by atoms with E-state index in [1.54, 1.807) is 6.21 Å². The first-order valence-electron chi connectivity index (χ1n) is 8.75. The van der Waals surface area contributed by atoms with Crippen molar-refractivity contribution < 1.29 is 9.59 Å². The summed E-state index contributed by atoms with van der Waals surface area (Å²) in [6.45, 7) is 8.34. The smallest absolute Gasteiger partial charge is 0.346 e. The highest BCUT2D eigenvalue weighted by atomic mass is 16.2. The minimum absolute atomic E-state index is 0.207. The molecule has 1 aromatic heterocycles. The zero-order valence-electron chi connectivity index (χ0n) is 14.9. The first kappa shape index (κ1) is 16.7. The molecule has 24 heavy (non-hydrogen) atoms. The molecule has 1 aromatic rings. The van der Waals surface area contributed by atoms with Gasteiger partial charge in [0.25, 0.3) is 5.91 Å². The van der Waals surface area contributed by atoms with E-state index in [1.807, 2.05) is 13.0 Å². The molecule has 3 rings (SSSR count). The minimum Gasteiger partial charge on any atom is -0.346 e. The summed E-state index contributed by atoms with van der Waals surface area (Å²) in [6, 6.07) is 1.98. The second kappa shape index (κ2) is 6.07. The number of urea groups is 1.